The summed E-state index contributed by atoms with van der Waals surface area (Å²) in [5.41, 5.74) is 6.48. The number of carbonyl (C=O) groups excluding carboxylic acids is 2. The zero-order chi connectivity index (χ0) is 20.5. The molecule has 2 fully saturated rings. The predicted octanol–water partition coefficient (Wildman–Crippen LogP) is 2.57. The minimum absolute atomic E-state index is 0.0105. The van der Waals surface area contributed by atoms with Gasteiger partial charge in [-0.2, -0.15) is 0 Å². The van der Waals surface area contributed by atoms with E-state index >= 15 is 0 Å². The smallest absolute Gasteiger partial charge is 0.255 e. The lowest BCUT2D eigenvalue weighted by atomic mass is 10.0. The number of benzene rings is 1. The first-order valence-corrected chi connectivity index (χ1v) is 10.3. The molecule has 1 unspecified atom stereocenters. The van der Waals surface area contributed by atoms with E-state index in [-0.39, 0.29) is 17.7 Å². The SMILES string of the molecule is Cc1cc(C)c(N2CCN(C(=O)c3ccc(C4CCNC4=O)nc3)CC2)cc1C. The van der Waals surface area contributed by atoms with Crippen LogP contribution in [0, 0.1) is 20.8 Å². The van der Waals surface area contributed by atoms with Crippen molar-refractivity contribution in [2.24, 2.45) is 0 Å². The van der Waals surface area contributed by atoms with Crippen molar-refractivity contribution in [3.8, 4) is 0 Å². The van der Waals surface area contributed by atoms with Crippen LogP contribution in [-0.2, 0) is 4.79 Å². The molecule has 6 nitrogen and oxygen atoms in total. The number of aryl methyl sites for hydroxylation is 3. The Balaban J connectivity index is 1.40. The zero-order valence-corrected chi connectivity index (χ0v) is 17.4. The lowest BCUT2D eigenvalue weighted by Crippen LogP contribution is -2.49. The van der Waals surface area contributed by atoms with Crippen LogP contribution in [0.3, 0.4) is 0 Å². The Kier molecular flexibility index (Phi) is 5.26. The maximum absolute atomic E-state index is 12.9. The third kappa shape index (κ3) is 3.84. The molecule has 2 aliphatic heterocycles. The van der Waals surface area contributed by atoms with Crippen LogP contribution in [0.15, 0.2) is 30.5 Å². The number of nitrogens with one attached hydrogen (secondary N) is 1. The van der Waals surface area contributed by atoms with E-state index < -0.39 is 0 Å². The summed E-state index contributed by atoms with van der Waals surface area (Å²) in [5.74, 6) is -0.158. The molecular weight excluding hydrogens is 364 g/mol. The van der Waals surface area contributed by atoms with Gasteiger partial charge in [0.1, 0.15) is 0 Å². The van der Waals surface area contributed by atoms with E-state index in [9.17, 15) is 9.59 Å². The third-order valence-electron chi connectivity index (χ3n) is 6.16. The van der Waals surface area contributed by atoms with Crippen LogP contribution in [0.4, 0.5) is 5.69 Å². The molecule has 0 spiro atoms. The van der Waals surface area contributed by atoms with Gasteiger partial charge in [-0.1, -0.05) is 6.07 Å². The molecule has 152 valence electrons. The van der Waals surface area contributed by atoms with Gasteiger partial charge in [-0.15, -0.1) is 0 Å². The maximum Gasteiger partial charge on any atom is 0.255 e. The second-order valence-corrected chi connectivity index (χ2v) is 8.11. The molecule has 1 atom stereocenters. The normalized spacial score (nSPS) is 19.4. The van der Waals surface area contributed by atoms with E-state index in [1.807, 2.05) is 11.0 Å². The second-order valence-electron chi connectivity index (χ2n) is 8.11. The predicted molar refractivity (Wildman–Crippen MR) is 113 cm³/mol. The number of amides is 2. The van der Waals surface area contributed by atoms with E-state index in [1.165, 1.54) is 22.4 Å². The summed E-state index contributed by atoms with van der Waals surface area (Å²) in [6.45, 7) is 10.2. The molecular formula is C23H28N4O2. The average molecular weight is 393 g/mol. The molecule has 1 aromatic carbocycles. The second kappa shape index (κ2) is 7.85. The highest BCUT2D eigenvalue weighted by molar-refractivity contribution is 5.94. The average Bonchev–Trinajstić information content (AvgIpc) is 3.16. The van der Waals surface area contributed by atoms with Crippen LogP contribution in [0.2, 0.25) is 0 Å². The molecule has 6 heteroatoms. The minimum atomic E-state index is -0.191. The highest BCUT2D eigenvalue weighted by Crippen LogP contribution is 2.26. The van der Waals surface area contributed by atoms with Gasteiger partial charge in [-0.05, 0) is 62.1 Å². The van der Waals surface area contributed by atoms with E-state index in [0.29, 0.717) is 25.2 Å². The van der Waals surface area contributed by atoms with Gasteiger partial charge in [0.25, 0.3) is 5.91 Å². The number of aromatic nitrogens is 1. The van der Waals surface area contributed by atoms with Gasteiger partial charge in [0, 0.05) is 44.6 Å². The number of nitrogens with zero attached hydrogens (tertiary/aromatic N) is 3. The van der Waals surface area contributed by atoms with Gasteiger partial charge in [0.2, 0.25) is 5.91 Å². The van der Waals surface area contributed by atoms with Crippen molar-refractivity contribution in [3.05, 3.63) is 58.4 Å². The fraction of sp³-hybridized carbons (Fsp3) is 0.435. The monoisotopic (exact) mass is 392 g/mol. The molecule has 1 aromatic heterocycles. The van der Waals surface area contributed by atoms with Gasteiger partial charge in [-0.25, -0.2) is 0 Å². The van der Waals surface area contributed by atoms with E-state index in [0.717, 1.165) is 25.2 Å². The lowest BCUT2D eigenvalue weighted by Gasteiger charge is -2.37. The number of piperazine rings is 1. The van der Waals surface area contributed by atoms with E-state index in [1.54, 1.807) is 12.3 Å². The van der Waals surface area contributed by atoms with E-state index in [4.69, 9.17) is 0 Å². The highest BCUT2D eigenvalue weighted by atomic mass is 16.2. The molecule has 2 aromatic rings. The number of hydrogen-bond donors (Lipinski definition) is 1. The quantitative estimate of drug-likeness (QED) is 0.872. The van der Waals surface area contributed by atoms with Crippen molar-refractivity contribution in [1.29, 1.82) is 0 Å². The van der Waals surface area contributed by atoms with Crippen LogP contribution in [0.1, 0.15) is 45.1 Å². The molecule has 0 radical (unpaired) electrons. The summed E-state index contributed by atoms with van der Waals surface area (Å²) in [6.07, 6.45) is 2.38. The number of hydrogen-bond acceptors (Lipinski definition) is 4. The van der Waals surface area contributed by atoms with Gasteiger partial charge in [-0.3, -0.25) is 14.6 Å². The minimum Gasteiger partial charge on any atom is -0.368 e. The van der Waals surface area contributed by atoms with Crippen molar-refractivity contribution in [1.82, 2.24) is 15.2 Å². The van der Waals surface area contributed by atoms with Gasteiger partial charge in [0.05, 0.1) is 17.2 Å². The topological polar surface area (TPSA) is 65.5 Å². The first kappa shape index (κ1) is 19.4. The van der Waals surface area contributed by atoms with Gasteiger partial charge < -0.3 is 15.1 Å². The Hall–Kier alpha value is -2.89. The van der Waals surface area contributed by atoms with Crippen LogP contribution in [0.5, 0.6) is 0 Å². The highest BCUT2D eigenvalue weighted by Gasteiger charge is 2.28. The Bertz CT molecular complexity index is 931. The van der Waals surface area contributed by atoms with Crippen LogP contribution >= 0.6 is 0 Å². The Morgan fingerprint density at radius 2 is 1.76 bits per heavy atom. The fourth-order valence-corrected chi connectivity index (χ4v) is 4.23. The molecule has 0 aliphatic carbocycles. The molecule has 2 aliphatic rings. The van der Waals surface area contributed by atoms with E-state index in [2.05, 4.69) is 48.1 Å². The van der Waals surface area contributed by atoms with Gasteiger partial charge >= 0.3 is 0 Å². The summed E-state index contributed by atoms with van der Waals surface area (Å²) in [6, 6.07) is 8.11. The van der Waals surface area contributed by atoms with Crippen molar-refractivity contribution < 1.29 is 9.59 Å². The molecule has 1 N–H and O–H groups in total. The number of carbonyl (C=O) groups is 2. The number of pyridine rings is 1. The Labute approximate surface area is 171 Å². The largest absolute Gasteiger partial charge is 0.368 e. The van der Waals surface area contributed by atoms with Crippen molar-refractivity contribution in [2.45, 2.75) is 33.1 Å². The molecule has 29 heavy (non-hydrogen) atoms. The van der Waals surface area contributed by atoms with Crippen LogP contribution in [-0.4, -0.2) is 54.4 Å². The number of anilines is 1. The standard InChI is InChI=1S/C23H28N4O2/c1-15-12-17(3)21(13-16(15)2)26-8-10-27(11-9-26)23(29)18-4-5-20(25-14-18)19-6-7-24-22(19)28/h4-5,12-14,19H,6-11H2,1-3H3,(H,24,28). The van der Waals surface area contributed by atoms with Crippen molar-refractivity contribution in [2.75, 3.05) is 37.6 Å². The molecule has 2 amide bonds. The van der Waals surface area contributed by atoms with Crippen LogP contribution in [0.25, 0.3) is 0 Å². The summed E-state index contributed by atoms with van der Waals surface area (Å²) >= 11 is 0. The third-order valence-corrected chi connectivity index (χ3v) is 6.16. The molecule has 4 rings (SSSR count). The summed E-state index contributed by atoms with van der Waals surface area (Å²) in [7, 11) is 0. The van der Waals surface area contributed by atoms with Crippen molar-refractivity contribution >= 4 is 17.5 Å². The molecule has 3 heterocycles. The lowest BCUT2D eigenvalue weighted by molar-refractivity contribution is -0.120. The molecule has 2 saturated heterocycles. The first-order chi connectivity index (χ1) is 13.9. The Morgan fingerprint density at radius 3 is 2.38 bits per heavy atom. The van der Waals surface area contributed by atoms with Crippen LogP contribution < -0.4 is 10.2 Å². The number of rotatable bonds is 3. The maximum atomic E-state index is 12.9. The zero-order valence-electron chi connectivity index (χ0n) is 17.4. The summed E-state index contributed by atoms with van der Waals surface area (Å²) < 4.78 is 0. The Morgan fingerprint density at radius 1 is 1.03 bits per heavy atom. The van der Waals surface area contributed by atoms with Crippen molar-refractivity contribution in [3.63, 3.8) is 0 Å². The first-order valence-electron chi connectivity index (χ1n) is 10.3. The van der Waals surface area contributed by atoms with Gasteiger partial charge in [0.15, 0.2) is 0 Å². The molecule has 0 saturated carbocycles. The molecule has 0 bridgehead atoms. The summed E-state index contributed by atoms with van der Waals surface area (Å²) in [4.78, 5) is 33.4. The fourth-order valence-electron chi connectivity index (χ4n) is 4.23. The summed E-state index contributed by atoms with van der Waals surface area (Å²) in [5, 5.41) is 2.83.